The quantitative estimate of drug-likeness (QED) is 0.595. The maximum Gasteiger partial charge on any atom is 0.341 e. The summed E-state index contributed by atoms with van der Waals surface area (Å²) >= 11 is 0. The lowest BCUT2D eigenvalue weighted by atomic mass is 9.99. The van der Waals surface area contributed by atoms with Gasteiger partial charge in [-0.15, -0.1) is 0 Å². The van der Waals surface area contributed by atoms with Crippen LogP contribution in [0.1, 0.15) is 23.2 Å². The number of hydrogen-bond donors (Lipinski definition) is 4. The van der Waals surface area contributed by atoms with Crippen LogP contribution in [0.15, 0.2) is 6.20 Å². The van der Waals surface area contributed by atoms with Crippen molar-refractivity contribution in [3.63, 3.8) is 0 Å². The van der Waals surface area contributed by atoms with E-state index in [0.717, 1.165) is 19.4 Å². The van der Waals surface area contributed by atoms with Crippen molar-refractivity contribution < 1.29 is 14.7 Å². The van der Waals surface area contributed by atoms with Gasteiger partial charge in [-0.2, -0.15) is 5.10 Å². The fourth-order valence-corrected chi connectivity index (χ4v) is 1.84. The minimum Gasteiger partial charge on any atom is -0.477 e. The number of carbonyl (C=O) groups excluding carboxylic acids is 1. The van der Waals surface area contributed by atoms with Crippen LogP contribution in [-0.4, -0.2) is 40.3 Å². The highest BCUT2D eigenvalue weighted by molar-refractivity contribution is 5.99. The van der Waals surface area contributed by atoms with Gasteiger partial charge in [0.2, 0.25) is 5.91 Å². The zero-order valence-electron chi connectivity index (χ0n) is 9.19. The lowest BCUT2D eigenvalue weighted by Gasteiger charge is -2.21. The van der Waals surface area contributed by atoms with E-state index in [4.69, 9.17) is 5.11 Å². The van der Waals surface area contributed by atoms with Crippen molar-refractivity contribution in [2.45, 2.75) is 12.8 Å². The number of carboxylic acids is 1. The van der Waals surface area contributed by atoms with Gasteiger partial charge in [-0.3, -0.25) is 9.89 Å². The maximum atomic E-state index is 11.8. The van der Waals surface area contributed by atoms with Gasteiger partial charge in [0.25, 0.3) is 0 Å². The van der Waals surface area contributed by atoms with Crippen LogP contribution in [0.25, 0.3) is 0 Å². The van der Waals surface area contributed by atoms with Crippen molar-refractivity contribution in [3.8, 4) is 0 Å². The molecular weight excluding hydrogens is 224 g/mol. The van der Waals surface area contributed by atoms with Gasteiger partial charge in [0, 0.05) is 6.54 Å². The first-order valence-electron chi connectivity index (χ1n) is 5.46. The van der Waals surface area contributed by atoms with Crippen LogP contribution in [0.4, 0.5) is 5.82 Å². The molecule has 1 aliphatic rings. The zero-order valence-corrected chi connectivity index (χ0v) is 9.19. The first-order chi connectivity index (χ1) is 8.18. The van der Waals surface area contributed by atoms with Crippen molar-refractivity contribution in [2.24, 2.45) is 5.92 Å². The summed E-state index contributed by atoms with van der Waals surface area (Å²) in [7, 11) is 0. The Labute approximate surface area is 97.6 Å². The van der Waals surface area contributed by atoms with Crippen LogP contribution in [0.3, 0.4) is 0 Å². The second-order valence-electron chi connectivity index (χ2n) is 4.00. The Bertz CT molecular complexity index is 423. The molecule has 0 saturated carbocycles. The molecule has 2 heterocycles. The second kappa shape index (κ2) is 4.96. The van der Waals surface area contributed by atoms with Crippen LogP contribution in [0.5, 0.6) is 0 Å². The number of amides is 1. The lowest BCUT2D eigenvalue weighted by Crippen LogP contribution is -2.37. The first-order valence-corrected chi connectivity index (χ1v) is 5.46. The van der Waals surface area contributed by atoms with Crippen LogP contribution < -0.4 is 10.6 Å². The monoisotopic (exact) mass is 238 g/mol. The highest BCUT2D eigenvalue weighted by Crippen LogP contribution is 2.15. The van der Waals surface area contributed by atoms with E-state index in [1.165, 1.54) is 6.20 Å². The number of hydrogen-bond acceptors (Lipinski definition) is 4. The third-order valence-electron chi connectivity index (χ3n) is 2.79. The van der Waals surface area contributed by atoms with Crippen LogP contribution in [0, 0.1) is 5.92 Å². The van der Waals surface area contributed by atoms with Gasteiger partial charge in [-0.25, -0.2) is 4.79 Å². The van der Waals surface area contributed by atoms with Crippen molar-refractivity contribution in [1.82, 2.24) is 15.5 Å². The molecule has 0 spiro atoms. The average molecular weight is 238 g/mol. The van der Waals surface area contributed by atoms with E-state index in [9.17, 15) is 9.59 Å². The predicted octanol–water partition coefficient (Wildman–Crippen LogP) is 0.0460. The fourth-order valence-electron chi connectivity index (χ4n) is 1.84. The number of piperidine rings is 1. The maximum absolute atomic E-state index is 11.8. The molecular formula is C10H14N4O3. The lowest BCUT2D eigenvalue weighted by molar-refractivity contribution is -0.120. The normalized spacial score (nSPS) is 19.9. The third kappa shape index (κ3) is 2.62. The minimum absolute atomic E-state index is 0.0258. The van der Waals surface area contributed by atoms with E-state index in [-0.39, 0.29) is 23.2 Å². The Hall–Kier alpha value is -1.89. The molecule has 1 unspecified atom stereocenters. The van der Waals surface area contributed by atoms with E-state index < -0.39 is 5.97 Å². The molecule has 92 valence electrons. The van der Waals surface area contributed by atoms with Gasteiger partial charge >= 0.3 is 5.97 Å². The van der Waals surface area contributed by atoms with E-state index >= 15 is 0 Å². The summed E-state index contributed by atoms with van der Waals surface area (Å²) in [5.74, 6) is -1.26. The van der Waals surface area contributed by atoms with E-state index in [1.54, 1.807) is 0 Å². The van der Waals surface area contributed by atoms with Crippen molar-refractivity contribution >= 4 is 17.7 Å². The first kappa shape index (κ1) is 11.6. The summed E-state index contributed by atoms with van der Waals surface area (Å²) in [4.78, 5) is 22.7. The minimum atomic E-state index is -1.11. The standard InChI is InChI=1S/C10H14N4O3/c15-9(6-2-1-3-11-4-6)13-8-7(10(16)17)5-12-14-8/h5-6,11H,1-4H2,(H,16,17)(H2,12,13,14,15). The van der Waals surface area contributed by atoms with E-state index in [2.05, 4.69) is 20.8 Å². The molecule has 2 rings (SSSR count). The molecule has 0 bridgehead atoms. The Balaban J connectivity index is 2.02. The van der Waals surface area contributed by atoms with Crippen molar-refractivity contribution in [1.29, 1.82) is 0 Å². The summed E-state index contributed by atoms with van der Waals surface area (Å²) in [6.07, 6.45) is 2.94. The molecule has 4 N–H and O–H groups in total. The molecule has 7 nitrogen and oxygen atoms in total. The van der Waals surface area contributed by atoms with Gasteiger partial charge < -0.3 is 15.7 Å². The number of aromatic carboxylic acids is 1. The van der Waals surface area contributed by atoms with Crippen LogP contribution in [0.2, 0.25) is 0 Å². The number of rotatable bonds is 3. The van der Waals surface area contributed by atoms with E-state index in [0.29, 0.717) is 6.54 Å². The molecule has 1 fully saturated rings. The number of carboxylic acid groups (broad SMARTS) is 1. The summed E-state index contributed by atoms with van der Waals surface area (Å²) in [6.45, 7) is 1.55. The summed E-state index contributed by atoms with van der Waals surface area (Å²) in [6, 6.07) is 0. The number of H-pyrrole nitrogens is 1. The molecule has 1 aliphatic heterocycles. The fraction of sp³-hybridized carbons (Fsp3) is 0.500. The van der Waals surface area contributed by atoms with Crippen molar-refractivity contribution in [3.05, 3.63) is 11.8 Å². The highest BCUT2D eigenvalue weighted by Gasteiger charge is 2.23. The summed E-state index contributed by atoms with van der Waals surface area (Å²) < 4.78 is 0. The molecule has 1 aromatic heterocycles. The Morgan fingerprint density at radius 3 is 3.00 bits per heavy atom. The topological polar surface area (TPSA) is 107 Å². The Kier molecular flexibility index (Phi) is 3.38. The van der Waals surface area contributed by atoms with E-state index in [1.807, 2.05) is 0 Å². The smallest absolute Gasteiger partial charge is 0.341 e. The molecule has 0 radical (unpaired) electrons. The highest BCUT2D eigenvalue weighted by atomic mass is 16.4. The van der Waals surface area contributed by atoms with Gasteiger partial charge in [-0.05, 0) is 19.4 Å². The van der Waals surface area contributed by atoms with Crippen molar-refractivity contribution in [2.75, 3.05) is 18.4 Å². The number of aromatic nitrogens is 2. The number of carbonyl (C=O) groups is 2. The van der Waals surface area contributed by atoms with Gasteiger partial charge in [-0.1, -0.05) is 0 Å². The van der Waals surface area contributed by atoms with Gasteiger partial charge in [0.1, 0.15) is 11.4 Å². The second-order valence-corrected chi connectivity index (χ2v) is 4.00. The number of anilines is 1. The predicted molar refractivity (Wildman–Crippen MR) is 59.8 cm³/mol. The Morgan fingerprint density at radius 2 is 2.35 bits per heavy atom. The van der Waals surface area contributed by atoms with Gasteiger partial charge in [0.05, 0.1) is 12.1 Å². The molecule has 1 aromatic rings. The molecule has 1 atom stereocenters. The number of nitrogens with one attached hydrogen (secondary N) is 3. The molecule has 17 heavy (non-hydrogen) atoms. The largest absolute Gasteiger partial charge is 0.477 e. The third-order valence-corrected chi connectivity index (χ3v) is 2.79. The zero-order chi connectivity index (χ0) is 12.3. The Morgan fingerprint density at radius 1 is 1.53 bits per heavy atom. The van der Waals surface area contributed by atoms with Crippen LogP contribution >= 0.6 is 0 Å². The van der Waals surface area contributed by atoms with Crippen LogP contribution in [-0.2, 0) is 4.79 Å². The molecule has 7 heteroatoms. The average Bonchev–Trinajstić information content (AvgIpc) is 2.78. The molecule has 1 saturated heterocycles. The molecule has 0 aliphatic carbocycles. The van der Waals surface area contributed by atoms with Gasteiger partial charge in [0.15, 0.2) is 0 Å². The molecule has 1 amide bonds. The summed E-state index contributed by atoms with van der Waals surface area (Å²) in [5, 5.41) is 20.6. The molecule has 0 aromatic carbocycles. The summed E-state index contributed by atoms with van der Waals surface area (Å²) in [5.41, 5.74) is -0.0258. The number of aromatic amines is 1. The number of nitrogens with zero attached hydrogens (tertiary/aromatic N) is 1. The SMILES string of the molecule is O=C(O)c1cn[nH]c1NC(=O)C1CCCNC1.